The second-order valence-corrected chi connectivity index (χ2v) is 11.7. The molecule has 0 saturated heterocycles. The van der Waals surface area contributed by atoms with Gasteiger partial charge in [0.05, 0.1) is 5.41 Å². The lowest BCUT2D eigenvalue weighted by Gasteiger charge is -2.53. The van der Waals surface area contributed by atoms with Crippen LogP contribution in [0.25, 0.3) is 11.1 Å². The molecule has 3 saturated carbocycles. The molecule has 3 aliphatic carbocycles. The number of hydrogen-bond donors (Lipinski definition) is 3. The fourth-order valence-electron chi connectivity index (χ4n) is 8.37. The number of rotatable bonds is 8. The van der Waals surface area contributed by atoms with Crippen LogP contribution < -0.4 is 0 Å². The lowest BCUT2D eigenvalue weighted by molar-refractivity contribution is -0.259. The molecular formula is C32H40O5. The van der Waals surface area contributed by atoms with Crippen molar-refractivity contribution in [3.8, 4) is 16.9 Å². The number of fused-ring (bicyclic) bond motifs is 2. The first kappa shape index (κ1) is 26.1. The van der Waals surface area contributed by atoms with Crippen molar-refractivity contribution in [2.45, 2.75) is 64.1 Å². The quantitative estimate of drug-likeness (QED) is 0.319. The van der Waals surface area contributed by atoms with Gasteiger partial charge in [-0.25, -0.2) is 0 Å². The van der Waals surface area contributed by atoms with Crippen LogP contribution in [0.15, 0.2) is 60.7 Å². The van der Waals surface area contributed by atoms with Crippen LogP contribution in [-0.4, -0.2) is 40.6 Å². The highest BCUT2D eigenvalue weighted by molar-refractivity contribution is 5.90. The molecule has 0 aromatic heterocycles. The number of aryl methyl sites for hydroxylation is 1. The predicted molar refractivity (Wildman–Crippen MR) is 144 cm³/mol. The standard InChI is InChI=1S/C32H40O5/c1-21-29-25(20-33)19-31(32(29,36)37-3,30(21,2)26-12-5-4-6-13-26)28(35)16-15-22-9-7-10-23(17-22)24-11-8-14-27(34)18-24/h7-11,14,17-18,25-26,29,33-34,36H,1,4-6,12-13,15-16,19-20H2,2-3H3/t25-,29+,30+,31-,32-/m1/s1. The minimum absolute atomic E-state index is 0.00674. The number of ether oxygens (including phenoxy) is 1. The van der Waals surface area contributed by atoms with Crippen molar-refractivity contribution in [1.82, 2.24) is 0 Å². The Hall–Kier alpha value is -2.47. The maximum Gasteiger partial charge on any atom is 0.185 e. The maximum atomic E-state index is 14.4. The molecule has 2 aromatic carbocycles. The summed E-state index contributed by atoms with van der Waals surface area (Å²) >= 11 is 0. The average molecular weight is 505 g/mol. The molecule has 0 unspecified atom stereocenters. The number of aliphatic hydroxyl groups is 2. The zero-order chi connectivity index (χ0) is 26.4. The Morgan fingerprint density at radius 3 is 2.41 bits per heavy atom. The molecule has 5 heteroatoms. The van der Waals surface area contributed by atoms with E-state index in [0.29, 0.717) is 12.8 Å². The zero-order valence-electron chi connectivity index (χ0n) is 22.1. The number of hydrogen-bond acceptors (Lipinski definition) is 5. The second-order valence-electron chi connectivity index (χ2n) is 11.7. The molecule has 3 aliphatic rings. The highest BCUT2D eigenvalue weighted by atomic mass is 16.6. The van der Waals surface area contributed by atoms with Crippen LogP contribution in [0, 0.1) is 28.6 Å². The Morgan fingerprint density at radius 2 is 1.76 bits per heavy atom. The minimum atomic E-state index is -1.66. The number of carbonyl (C=O) groups excluding carboxylic acids is 1. The van der Waals surface area contributed by atoms with E-state index in [0.717, 1.165) is 47.9 Å². The molecule has 5 nitrogen and oxygen atoms in total. The predicted octanol–water partition coefficient (Wildman–Crippen LogP) is 5.67. The third-order valence-electron chi connectivity index (χ3n) is 10.2. The molecular weight excluding hydrogens is 464 g/mol. The first-order valence-electron chi connectivity index (χ1n) is 13.7. The van der Waals surface area contributed by atoms with Gasteiger partial charge in [0.25, 0.3) is 0 Å². The van der Waals surface area contributed by atoms with Gasteiger partial charge in [-0.15, -0.1) is 0 Å². The van der Waals surface area contributed by atoms with Crippen LogP contribution in [0.2, 0.25) is 0 Å². The van der Waals surface area contributed by atoms with E-state index in [9.17, 15) is 20.1 Å². The van der Waals surface area contributed by atoms with Crippen LogP contribution in [0.3, 0.4) is 0 Å². The van der Waals surface area contributed by atoms with Crippen molar-refractivity contribution < 1.29 is 24.9 Å². The van der Waals surface area contributed by atoms with E-state index in [1.165, 1.54) is 13.5 Å². The lowest BCUT2D eigenvalue weighted by Crippen LogP contribution is -2.58. The van der Waals surface area contributed by atoms with Crippen molar-refractivity contribution in [2.24, 2.45) is 28.6 Å². The van der Waals surface area contributed by atoms with Crippen LogP contribution in [0.4, 0.5) is 0 Å². The second kappa shape index (κ2) is 9.68. The number of methoxy groups -OCH3 is 1. The molecule has 2 bridgehead atoms. The van der Waals surface area contributed by atoms with Crippen molar-refractivity contribution in [2.75, 3.05) is 13.7 Å². The smallest absolute Gasteiger partial charge is 0.185 e. The van der Waals surface area contributed by atoms with Crippen LogP contribution in [0.1, 0.15) is 57.4 Å². The van der Waals surface area contributed by atoms with Crippen LogP contribution in [-0.2, 0) is 16.0 Å². The molecule has 0 heterocycles. The van der Waals surface area contributed by atoms with Gasteiger partial charge in [0.15, 0.2) is 5.79 Å². The summed E-state index contributed by atoms with van der Waals surface area (Å²) in [7, 11) is 1.49. The van der Waals surface area contributed by atoms with E-state index in [1.807, 2.05) is 30.3 Å². The minimum Gasteiger partial charge on any atom is -0.508 e. The largest absolute Gasteiger partial charge is 0.508 e. The van der Waals surface area contributed by atoms with Crippen LogP contribution >= 0.6 is 0 Å². The highest BCUT2D eigenvalue weighted by Gasteiger charge is 2.81. The normalized spacial score (nSPS) is 33.7. The van der Waals surface area contributed by atoms with E-state index in [-0.39, 0.29) is 36.4 Å². The molecule has 3 fully saturated rings. The summed E-state index contributed by atoms with van der Waals surface area (Å²) < 4.78 is 5.88. The van der Waals surface area contributed by atoms with Gasteiger partial charge in [-0.2, -0.15) is 0 Å². The molecule has 2 aromatic rings. The van der Waals surface area contributed by atoms with E-state index in [1.54, 1.807) is 12.1 Å². The van der Waals surface area contributed by atoms with Gasteiger partial charge >= 0.3 is 0 Å². The Kier molecular flexibility index (Phi) is 6.84. The van der Waals surface area contributed by atoms with E-state index < -0.39 is 22.5 Å². The van der Waals surface area contributed by atoms with Crippen molar-refractivity contribution in [1.29, 1.82) is 0 Å². The molecule has 5 rings (SSSR count). The van der Waals surface area contributed by atoms with Gasteiger partial charge in [-0.05, 0) is 66.3 Å². The summed E-state index contributed by atoms with van der Waals surface area (Å²) in [4.78, 5) is 14.4. The van der Waals surface area contributed by atoms with Gasteiger partial charge in [0, 0.05) is 31.5 Å². The van der Waals surface area contributed by atoms with E-state index in [2.05, 4.69) is 19.6 Å². The zero-order valence-corrected chi connectivity index (χ0v) is 22.1. The Labute approximate surface area is 220 Å². The summed E-state index contributed by atoms with van der Waals surface area (Å²) in [5.41, 5.74) is 2.10. The first-order valence-corrected chi connectivity index (χ1v) is 13.7. The summed E-state index contributed by atoms with van der Waals surface area (Å²) in [6.07, 6.45) is 6.72. The molecule has 3 N–H and O–H groups in total. The van der Waals surface area contributed by atoms with Crippen molar-refractivity contribution >= 4 is 5.78 Å². The monoisotopic (exact) mass is 504 g/mol. The Morgan fingerprint density at radius 1 is 1.08 bits per heavy atom. The summed E-state index contributed by atoms with van der Waals surface area (Å²) in [5, 5.41) is 32.3. The highest BCUT2D eigenvalue weighted by Crippen LogP contribution is 2.76. The summed E-state index contributed by atoms with van der Waals surface area (Å²) in [5.74, 6) is -1.87. The van der Waals surface area contributed by atoms with Crippen molar-refractivity contribution in [3.05, 3.63) is 66.2 Å². The lowest BCUT2D eigenvalue weighted by atomic mass is 9.50. The number of benzene rings is 2. The summed E-state index contributed by atoms with van der Waals surface area (Å²) in [6.45, 7) is 6.52. The topological polar surface area (TPSA) is 87.0 Å². The molecule has 0 spiro atoms. The molecule has 37 heavy (non-hydrogen) atoms. The molecule has 0 aliphatic heterocycles. The van der Waals surface area contributed by atoms with E-state index >= 15 is 0 Å². The summed E-state index contributed by atoms with van der Waals surface area (Å²) in [6, 6.07) is 15.2. The molecule has 5 atom stereocenters. The van der Waals surface area contributed by atoms with Gasteiger partial charge in [0.2, 0.25) is 0 Å². The van der Waals surface area contributed by atoms with Gasteiger partial charge in [0.1, 0.15) is 11.5 Å². The number of aliphatic hydroxyl groups excluding tert-OH is 1. The number of phenols is 1. The molecule has 198 valence electrons. The fraction of sp³-hybridized carbons (Fsp3) is 0.531. The molecule has 0 radical (unpaired) electrons. The van der Waals surface area contributed by atoms with Gasteiger partial charge in [-0.1, -0.05) is 74.7 Å². The third kappa shape index (κ3) is 3.73. The Bertz CT molecular complexity index is 1180. The first-order chi connectivity index (χ1) is 17.7. The third-order valence-corrected chi connectivity index (χ3v) is 10.2. The van der Waals surface area contributed by atoms with Crippen LogP contribution in [0.5, 0.6) is 5.75 Å². The van der Waals surface area contributed by atoms with E-state index in [4.69, 9.17) is 4.74 Å². The maximum absolute atomic E-state index is 14.4. The molecule has 0 amide bonds. The Balaban J connectivity index is 1.48. The number of carbonyl (C=O) groups is 1. The number of ketones is 1. The number of aromatic hydroxyl groups is 1. The number of Topliss-reactive ketones (excluding diaryl/α,β-unsaturated/α-hetero) is 1. The SMILES string of the molecule is C=C1[C@H]2[C@@H](CO)C[C@@](C(=O)CCc3cccc(-c4cccc(O)c4)c3)([C@]1(C)C1CCCCC1)[C@]2(O)OC. The average Bonchev–Trinajstić information content (AvgIpc) is 3.28. The van der Waals surface area contributed by atoms with Crippen molar-refractivity contribution in [3.63, 3.8) is 0 Å². The number of phenolic OH excluding ortho intramolecular Hbond substituents is 1. The van der Waals surface area contributed by atoms with Gasteiger partial charge < -0.3 is 20.1 Å². The fourth-order valence-corrected chi connectivity index (χ4v) is 8.37. The van der Waals surface area contributed by atoms with Gasteiger partial charge in [-0.3, -0.25) is 4.79 Å².